The number of benzene rings is 1. The summed E-state index contributed by atoms with van der Waals surface area (Å²) in [6, 6.07) is 7.41. The van der Waals surface area contributed by atoms with Crippen LogP contribution in [0.1, 0.15) is 26.9 Å². The minimum atomic E-state index is -4.71. The standard InChI is InChI=1S/C14H15F3N2OS/c1-8-6-12(21-9(8)2)13(19-18)10-4-3-5-11(7-10)20-14(15,16)17/h3-7,13,19H,18H2,1-2H3. The molecule has 7 heteroatoms. The van der Waals surface area contributed by atoms with Crippen LogP contribution in [0.5, 0.6) is 5.75 Å². The number of nitrogens with one attached hydrogen (secondary N) is 1. The summed E-state index contributed by atoms with van der Waals surface area (Å²) in [5, 5.41) is 0. The molecule has 21 heavy (non-hydrogen) atoms. The minimum absolute atomic E-state index is 0.259. The van der Waals surface area contributed by atoms with Gasteiger partial charge < -0.3 is 4.74 Å². The van der Waals surface area contributed by atoms with Gasteiger partial charge in [-0.3, -0.25) is 5.84 Å². The van der Waals surface area contributed by atoms with E-state index in [1.165, 1.54) is 18.2 Å². The number of hydrogen-bond donors (Lipinski definition) is 2. The van der Waals surface area contributed by atoms with Gasteiger partial charge in [0.1, 0.15) is 5.75 Å². The molecule has 0 radical (unpaired) electrons. The van der Waals surface area contributed by atoms with Gasteiger partial charge in [-0.2, -0.15) is 0 Å². The van der Waals surface area contributed by atoms with Crippen LogP contribution in [0.2, 0.25) is 0 Å². The Morgan fingerprint density at radius 3 is 2.48 bits per heavy atom. The normalized spacial score (nSPS) is 13.2. The van der Waals surface area contributed by atoms with Crippen LogP contribution in [0.4, 0.5) is 13.2 Å². The zero-order valence-corrected chi connectivity index (χ0v) is 12.3. The van der Waals surface area contributed by atoms with Gasteiger partial charge in [-0.15, -0.1) is 24.5 Å². The number of rotatable bonds is 4. The zero-order chi connectivity index (χ0) is 15.6. The SMILES string of the molecule is Cc1cc(C(NN)c2cccc(OC(F)(F)F)c2)sc1C. The second-order valence-electron chi connectivity index (χ2n) is 4.61. The molecule has 0 amide bonds. The third-order valence-electron chi connectivity index (χ3n) is 3.06. The predicted octanol–water partition coefficient (Wildman–Crippen LogP) is 3.82. The van der Waals surface area contributed by atoms with Crippen LogP contribution in [0.25, 0.3) is 0 Å². The van der Waals surface area contributed by atoms with E-state index in [2.05, 4.69) is 10.2 Å². The van der Waals surface area contributed by atoms with Crippen molar-refractivity contribution in [2.75, 3.05) is 0 Å². The lowest BCUT2D eigenvalue weighted by Gasteiger charge is -2.16. The molecular formula is C14H15F3N2OS. The van der Waals surface area contributed by atoms with Crippen molar-refractivity contribution >= 4 is 11.3 Å². The molecular weight excluding hydrogens is 301 g/mol. The molecule has 3 nitrogen and oxygen atoms in total. The first-order chi connectivity index (χ1) is 9.80. The van der Waals surface area contributed by atoms with Gasteiger partial charge >= 0.3 is 6.36 Å². The third-order valence-corrected chi connectivity index (χ3v) is 4.28. The lowest BCUT2D eigenvalue weighted by Crippen LogP contribution is -2.28. The van der Waals surface area contributed by atoms with E-state index >= 15 is 0 Å². The molecule has 1 unspecified atom stereocenters. The number of alkyl halides is 3. The van der Waals surface area contributed by atoms with Crippen LogP contribution in [-0.4, -0.2) is 6.36 Å². The number of nitrogens with two attached hydrogens (primary N) is 1. The highest BCUT2D eigenvalue weighted by atomic mass is 32.1. The van der Waals surface area contributed by atoms with Crippen molar-refractivity contribution in [2.45, 2.75) is 26.3 Å². The summed E-state index contributed by atoms with van der Waals surface area (Å²) in [4.78, 5) is 2.09. The number of hydrogen-bond acceptors (Lipinski definition) is 4. The Kier molecular flexibility index (Phi) is 4.55. The van der Waals surface area contributed by atoms with Gasteiger partial charge in [0.15, 0.2) is 0 Å². The van der Waals surface area contributed by atoms with Gasteiger partial charge in [-0.05, 0) is 43.2 Å². The molecule has 1 heterocycles. The number of aryl methyl sites for hydroxylation is 2. The highest BCUT2D eigenvalue weighted by Crippen LogP contribution is 2.32. The second kappa shape index (κ2) is 6.05. The first-order valence-corrected chi connectivity index (χ1v) is 7.00. The molecule has 0 aliphatic carbocycles. The summed E-state index contributed by atoms with van der Waals surface area (Å²) >= 11 is 1.56. The van der Waals surface area contributed by atoms with Crippen molar-refractivity contribution in [3.8, 4) is 5.75 Å². The predicted molar refractivity (Wildman–Crippen MR) is 76.1 cm³/mol. The summed E-state index contributed by atoms with van der Waals surface area (Å²) in [5.74, 6) is 5.31. The van der Waals surface area contributed by atoms with Crippen molar-refractivity contribution in [1.29, 1.82) is 0 Å². The molecule has 0 aliphatic heterocycles. The Morgan fingerprint density at radius 1 is 1.24 bits per heavy atom. The van der Waals surface area contributed by atoms with E-state index in [-0.39, 0.29) is 11.8 Å². The van der Waals surface area contributed by atoms with Gasteiger partial charge in [0.25, 0.3) is 0 Å². The first kappa shape index (κ1) is 15.8. The molecule has 0 spiro atoms. The van der Waals surface area contributed by atoms with E-state index in [9.17, 15) is 13.2 Å². The Labute approximate surface area is 124 Å². The summed E-state index contributed by atoms with van der Waals surface area (Å²) in [6.07, 6.45) is -4.71. The highest BCUT2D eigenvalue weighted by Gasteiger charge is 2.31. The van der Waals surface area contributed by atoms with Crippen LogP contribution in [-0.2, 0) is 0 Å². The molecule has 2 aromatic rings. The number of hydrazine groups is 1. The second-order valence-corrected chi connectivity index (χ2v) is 5.90. The number of ether oxygens (including phenoxy) is 1. The first-order valence-electron chi connectivity index (χ1n) is 6.19. The van der Waals surface area contributed by atoms with Crippen LogP contribution < -0.4 is 16.0 Å². The topological polar surface area (TPSA) is 47.3 Å². The van der Waals surface area contributed by atoms with Crippen LogP contribution in [0, 0.1) is 13.8 Å². The van der Waals surface area contributed by atoms with Gasteiger partial charge in [0.05, 0.1) is 6.04 Å². The zero-order valence-electron chi connectivity index (χ0n) is 11.5. The van der Waals surface area contributed by atoms with Crippen molar-refractivity contribution in [1.82, 2.24) is 5.43 Å². The lowest BCUT2D eigenvalue weighted by atomic mass is 10.1. The van der Waals surface area contributed by atoms with E-state index in [4.69, 9.17) is 5.84 Å². The summed E-state index contributed by atoms with van der Waals surface area (Å²) in [6.45, 7) is 3.96. The fourth-order valence-electron chi connectivity index (χ4n) is 1.98. The maximum Gasteiger partial charge on any atom is 0.573 e. The van der Waals surface area contributed by atoms with Crippen molar-refractivity contribution in [3.05, 3.63) is 51.2 Å². The number of halogens is 3. The highest BCUT2D eigenvalue weighted by molar-refractivity contribution is 7.12. The molecule has 0 saturated heterocycles. The van der Waals surface area contributed by atoms with Gasteiger partial charge in [0, 0.05) is 9.75 Å². The van der Waals surface area contributed by atoms with Gasteiger partial charge in [0.2, 0.25) is 0 Å². The maximum absolute atomic E-state index is 12.3. The molecule has 114 valence electrons. The summed E-state index contributed by atoms with van der Waals surface area (Å²) in [5.41, 5.74) is 4.37. The van der Waals surface area contributed by atoms with E-state index < -0.39 is 6.36 Å². The third kappa shape index (κ3) is 3.96. The molecule has 1 atom stereocenters. The average Bonchev–Trinajstić information content (AvgIpc) is 2.68. The molecule has 2 rings (SSSR count). The van der Waals surface area contributed by atoms with E-state index in [0.717, 1.165) is 15.3 Å². The number of thiophene rings is 1. The maximum atomic E-state index is 12.3. The smallest absolute Gasteiger partial charge is 0.406 e. The van der Waals surface area contributed by atoms with E-state index in [1.54, 1.807) is 17.4 Å². The largest absolute Gasteiger partial charge is 0.573 e. The van der Waals surface area contributed by atoms with E-state index in [0.29, 0.717) is 5.56 Å². The van der Waals surface area contributed by atoms with Crippen molar-refractivity contribution in [3.63, 3.8) is 0 Å². The molecule has 0 fully saturated rings. The average molecular weight is 316 g/mol. The van der Waals surface area contributed by atoms with Crippen LogP contribution in [0.15, 0.2) is 30.3 Å². The Bertz CT molecular complexity index is 605. The minimum Gasteiger partial charge on any atom is -0.406 e. The monoisotopic (exact) mass is 316 g/mol. The molecule has 0 saturated carbocycles. The quantitative estimate of drug-likeness (QED) is 0.666. The fraction of sp³-hybridized carbons (Fsp3) is 0.286. The molecule has 0 aliphatic rings. The molecule has 3 N–H and O–H groups in total. The summed E-state index contributed by atoms with van der Waals surface area (Å²) < 4.78 is 40.8. The van der Waals surface area contributed by atoms with Crippen LogP contribution in [0.3, 0.4) is 0 Å². The van der Waals surface area contributed by atoms with Crippen LogP contribution >= 0.6 is 11.3 Å². The molecule has 1 aromatic heterocycles. The fourth-order valence-corrected chi connectivity index (χ4v) is 3.11. The Balaban J connectivity index is 2.32. The van der Waals surface area contributed by atoms with Crippen molar-refractivity contribution in [2.24, 2.45) is 5.84 Å². The van der Waals surface area contributed by atoms with Gasteiger partial charge in [-0.1, -0.05) is 12.1 Å². The van der Waals surface area contributed by atoms with Crippen molar-refractivity contribution < 1.29 is 17.9 Å². The Morgan fingerprint density at radius 2 is 1.95 bits per heavy atom. The van der Waals surface area contributed by atoms with Gasteiger partial charge in [-0.25, -0.2) is 5.43 Å². The molecule has 1 aromatic carbocycles. The Hall–Kier alpha value is -1.57. The molecule has 0 bridgehead atoms. The van der Waals surface area contributed by atoms with E-state index in [1.807, 2.05) is 19.9 Å². The summed E-state index contributed by atoms with van der Waals surface area (Å²) in [7, 11) is 0. The lowest BCUT2D eigenvalue weighted by molar-refractivity contribution is -0.274.